The van der Waals surface area contributed by atoms with Gasteiger partial charge in [0.15, 0.2) is 6.29 Å². The molecule has 0 aliphatic heterocycles. The van der Waals surface area contributed by atoms with Crippen molar-refractivity contribution in [1.29, 1.82) is 0 Å². The predicted octanol–water partition coefficient (Wildman–Crippen LogP) is 3.16. The van der Waals surface area contributed by atoms with Crippen LogP contribution < -0.4 is 4.74 Å². The lowest BCUT2D eigenvalue weighted by molar-refractivity contribution is 0.111. The average molecular weight is 358 g/mol. The second-order valence-corrected chi connectivity index (χ2v) is 5.67. The molecular weight excluding hydrogens is 339 g/mol. The molecule has 26 heavy (non-hydrogen) atoms. The highest BCUT2D eigenvalue weighted by Crippen LogP contribution is 2.28. The lowest BCUT2D eigenvalue weighted by Gasteiger charge is -2.14. The summed E-state index contributed by atoms with van der Waals surface area (Å²) >= 11 is 0. The van der Waals surface area contributed by atoms with Gasteiger partial charge in [-0.05, 0) is 32.0 Å². The van der Waals surface area contributed by atoms with Gasteiger partial charge in [-0.3, -0.25) is 9.48 Å². The minimum absolute atomic E-state index is 0.0310. The Hall–Kier alpha value is -3.29. The lowest BCUT2D eigenvalue weighted by Crippen LogP contribution is -2.09. The molecule has 0 aliphatic carbocycles. The first kappa shape index (κ1) is 15.0. The van der Waals surface area contributed by atoms with Gasteiger partial charge in [-0.15, -0.1) is 0 Å². The van der Waals surface area contributed by atoms with Crippen LogP contribution in [0, 0.1) is 6.08 Å². The molecule has 0 bridgehead atoms. The molecule has 1 N–H and O–H groups in total. The average Bonchev–Trinajstić information content (AvgIpc) is 3.11. The number of phenolic OH excluding ortho intramolecular Hbond substituents is 1. The van der Waals surface area contributed by atoms with Gasteiger partial charge in [0, 0.05) is 24.0 Å². The van der Waals surface area contributed by atoms with Crippen LogP contribution in [-0.2, 0) is 6.56 Å². The molecule has 7 nitrogen and oxygen atoms in total. The summed E-state index contributed by atoms with van der Waals surface area (Å²) in [6.45, 7) is 1.19. The number of hydrogen-bond acceptors (Lipinski definition) is 6. The number of aromatic hydroxyl groups is 1. The number of hydrogen-bond donors (Lipinski definition) is 1. The summed E-state index contributed by atoms with van der Waals surface area (Å²) in [6.07, 6.45) is 1.81. The van der Waals surface area contributed by atoms with E-state index in [9.17, 15) is 14.3 Å². The Morgan fingerprint density at radius 3 is 2.96 bits per heavy atom. The summed E-state index contributed by atoms with van der Waals surface area (Å²) < 4.78 is 37.4. The highest BCUT2D eigenvalue weighted by molar-refractivity contribution is 5.83. The second-order valence-electron chi connectivity index (χ2n) is 5.67. The number of nitrogens with zero attached hydrogens (tertiary/aromatic N) is 4. The van der Waals surface area contributed by atoms with Crippen molar-refractivity contribution in [2.45, 2.75) is 26.4 Å². The maximum Gasteiger partial charge on any atom is 0.309 e. The van der Waals surface area contributed by atoms with E-state index in [1.807, 2.05) is 13.8 Å². The fraction of sp³-hybridized carbons (Fsp3) is 0.222. The van der Waals surface area contributed by atoms with Crippen LogP contribution >= 0.6 is 0 Å². The third kappa shape index (κ3) is 3.39. The first-order valence-corrected chi connectivity index (χ1v) is 7.77. The van der Waals surface area contributed by atoms with Crippen LogP contribution in [-0.4, -0.2) is 31.1 Å². The summed E-state index contributed by atoms with van der Waals surface area (Å²) in [4.78, 5) is 18.4. The summed E-state index contributed by atoms with van der Waals surface area (Å²) in [6, 6.07) is 5.51. The zero-order valence-electron chi connectivity index (χ0n) is 16.0. The zero-order valence-corrected chi connectivity index (χ0v) is 14.0. The molecule has 0 fully saturated rings. The van der Waals surface area contributed by atoms with Crippen LogP contribution in [0.4, 0.5) is 4.39 Å². The number of rotatable bonds is 6. The molecule has 2 aromatic heterocycles. The molecule has 3 aromatic rings. The molecule has 0 saturated carbocycles. The smallest absolute Gasteiger partial charge is 0.309 e. The van der Waals surface area contributed by atoms with Crippen LogP contribution in [0.1, 0.15) is 38.6 Å². The highest BCUT2D eigenvalue weighted by Gasteiger charge is 2.17. The van der Waals surface area contributed by atoms with E-state index in [2.05, 4.69) is 15.1 Å². The van der Waals surface area contributed by atoms with E-state index in [0.29, 0.717) is 12.0 Å². The lowest BCUT2D eigenvalue weighted by atomic mass is 10.1. The van der Waals surface area contributed by atoms with E-state index in [1.54, 1.807) is 10.7 Å². The zero-order chi connectivity index (χ0) is 20.5. The van der Waals surface area contributed by atoms with Crippen molar-refractivity contribution in [3.63, 3.8) is 0 Å². The van der Waals surface area contributed by atoms with Crippen molar-refractivity contribution in [3.8, 4) is 22.9 Å². The maximum absolute atomic E-state index is 13.8. The maximum atomic E-state index is 13.8. The second kappa shape index (κ2) is 7.30. The topological polar surface area (TPSA) is 90.1 Å². The van der Waals surface area contributed by atoms with Crippen molar-refractivity contribution in [3.05, 3.63) is 53.9 Å². The Labute approximate surface area is 151 Å². The van der Waals surface area contributed by atoms with Gasteiger partial charge in [0.2, 0.25) is 0 Å². The van der Waals surface area contributed by atoms with Crippen molar-refractivity contribution in [2.75, 3.05) is 0 Å². The van der Waals surface area contributed by atoms with Crippen molar-refractivity contribution in [1.82, 2.24) is 19.7 Å². The number of phenols is 1. The fourth-order valence-corrected chi connectivity index (χ4v) is 2.39. The SMILES string of the molecule is [2H]C([2H])(Oc1cccc(O)c1C=O)c1cnc(F)nc1-c1ccnn1C(C)C. The summed E-state index contributed by atoms with van der Waals surface area (Å²) in [7, 11) is 0. The normalized spacial score (nSPS) is 12.6. The fourth-order valence-electron chi connectivity index (χ4n) is 2.39. The van der Waals surface area contributed by atoms with Crippen LogP contribution in [0.15, 0.2) is 36.7 Å². The van der Waals surface area contributed by atoms with Gasteiger partial charge in [0.05, 0.1) is 14.0 Å². The van der Waals surface area contributed by atoms with Crippen LogP contribution in [0.3, 0.4) is 0 Å². The van der Waals surface area contributed by atoms with Gasteiger partial charge in [0.1, 0.15) is 23.8 Å². The third-order valence-corrected chi connectivity index (χ3v) is 3.59. The van der Waals surface area contributed by atoms with Gasteiger partial charge < -0.3 is 9.84 Å². The Morgan fingerprint density at radius 1 is 1.42 bits per heavy atom. The summed E-state index contributed by atoms with van der Waals surface area (Å²) in [5.41, 5.74) is -0.0125. The predicted molar refractivity (Wildman–Crippen MR) is 91.4 cm³/mol. The molecule has 3 rings (SSSR count). The van der Waals surface area contributed by atoms with Gasteiger partial charge in [-0.25, -0.2) is 9.97 Å². The van der Waals surface area contributed by atoms with Crippen molar-refractivity contribution < 1.29 is 21.8 Å². The van der Waals surface area contributed by atoms with Gasteiger partial charge in [-0.1, -0.05) is 6.07 Å². The molecule has 0 atom stereocenters. The Bertz CT molecular complexity index is 1020. The molecule has 0 saturated heterocycles. The van der Waals surface area contributed by atoms with E-state index in [4.69, 9.17) is 7.48 Å². The molecule has 8 heteroatoms. The third-order valence-electron chi connectivity index (χ3n) is 3.59. The monoisotopic (exact) mass is 358 g/mol. The molecule has 0 unspecified atom stereocenters. The van der Waals surface area contributed by atoms with Gasteiger partial charge in [0.25, 0.3) is 0 Å². The standard InChI is InChI=1S/C18H17FN4O3/c1-11(2)23-14(6-7-21-23)17-12(8-20-18(19)22-17)10-26-16-5-3-4-15(25)13(16)9-24/h3-9,11,25H,10H2,1-2H3/i10D2. The first-order valence-electron chi connectivity index (χ1n) is 8.77. The van der Waals surface area contributed by atoms with E-state index >= 15 is 0 Å². The minimum Gasteiger partial charge on any atom is -0.507 e. The molecule has 0 spiro atoms. The van der Waals surface area contributed by atoms with E-state index in [1.165, 1.54) is 24.4 Å². The summed E-state index contributed by atoms with van der Waals surface area (Å²) in [5, 5.41) is 13.9. The number of benzene rings is 1. The van der Waals surface area contributed by atoms with Crippen molar-refractivity contribution in [2.24, 2.45) is 0 Å². The Balaban J connectivity index is 2.12. The molecule has 0 amide bonds. The Morgan fingerprint density at radius 2 is 2.23 bits per heavy atom. The molecule has 0 radical (unpaired) electrons. The molecule has 0 aliphatic rings. The number of carbonyl (C=O) groups excluding carboxylic acids is 1. The quantitative estimate of drug-likeness (QED) is 0.538. The van der Waals surface area contributed by atoms with Crippen LogP contribution in [0.2, 0.25) is 0 Å². The largest absolute Gasteiger partial charge is 0.507 e. The first-order chi connectivity index (χ1) is 13.2. The van der Waals surface area contributed by atoms with Gasteiger partial charge >= 0.3 is 6.08 Å². The van der Waals surface area contributed by atoms with E-state index in [-0.39, 0.29) is 34.4 Å². The number of carbonyl (C=O) groups is 1. The number of aldehydes is 1. The highest BCUT2D eigenvalue weighted by atomic mass is 19.1. The van der Waals surface area contributed by atoms with Gasteiger partial charge in [-0.2, -0.15) is 9.49 Å². The minimum atomic E-state index is -2.54. The van der Waals surface area contributed by atoms with Crippen LogP contribution in [0.25, 0.3) is 11.4 Å². The molecular formula is C18H17FN4O3. The Kier molecular flexibility index (Phi) is 4.21. The molecule has 1 aromatic carbocycles. The van der Waals surface area contributed by atoms with Crippen molar-refractivity contribution >= 4 is 6.29 Å². The van der Waals surface area contributed by atoms with E-state index in [0.717, 1.165) is 6.20 Å². The number of halogens is 1. The summed E-state index contributed by atoms with van der Waals surface area (Å²) in [5.74, 6) is -0.524. The van der Waals surface area contributed by atoms with Crippen LogP contribution in [0.5, 0.6) is 11.5 Å². The molecule has 134 valence electrons. The van der Waals surface area contributed by atoms with E-state index < -0.39 is 12.6 Å². The number of ether oxygens (including phenoxy) is 1. The molecule has 2 heterocycles. The number of aromatic nitrogens is 4.